The first-order chi connectivity index (χ1) is 7.42. The second kappa shape index (κ2) is 5.04. The number of aromatic nitrogens is 1. The van der Waals surface area contributed by atoms with E-state index in [-0.39, 0.29) is 0 Å². The van der Waals surface area contributed by atoms with E-state index in [9.17, 15) is 4.79 Å². The van der Waals surface area contributed by atoms with Crippen molar-refractivity contribution in [3.8, 4) is 11.2 Å². The number of pyridine rings is 1. The Kier molecular flexibility index (Phi) is 3.97. The van der Waals surface area contributed by atoms with E-state index in [1.165, 1.54) is 7.11 Å². The third-order valence-corrected chi connectivity index (χ3v) is 2.37. The molecule has 0 atom stereocenters. The molecule has 1 rings (SSSR count). The summed E-state index contributed by atoms with van der Waals surface area (Å²) in [5.41, 5.74) is 1.12. The summed E-state index contributed by atoms with van der Waals surface area (Å²) in [5.74, 6) is 2.61. The zero-order chi connectivity index (χ0) is 12.2. The molecule has 3 nitrogen and oxygen atoms in total. The van der Waals surface area contributed by atoms with Crippen LogP contribution in [0.25, 0.3) is 0 Å². The van der Waals surface area contributed by atoms with E-state index in [0.717, 1.165) is 5.56 Å². The molecule has 0 saturated heterocycles. The Morgan fingerprint density at radius 2 is 2.06 bits per heavy atom. The van der Waals surface area contributed by atoms with E-state index in [0.29, 0.717) is 5.69 Å². The maximum atomic E-state index is 11.1. The van der Waals surface area contributed by atoms with Crippen LogP contribution >= 0.6 is 10.0 Å². The number of methoxy groups -OCH3 is 1. The highest BCUT2D eigenvalue weighted by atomic mass is 32.3. The van der Waals surface area contributed by atoms with Gasteiger partial charge in [0.05, 0.1) is 7.11 Å². The monoisotopic (exact) mass is 237 g/mol. The van der Waals surface area contributed by atoms with Gasteiger partial charge in [0.2, 0.25) is 0 Å². The van der Waals surface area contributed by atoms with Gasteiger partial charge < -0.3 is 4.74 Å². The molecular weight excluding hydrogens is 222 g/mol. The van der Waals surface area contributed by atoms with Crippen molar-refractivity contribution in [2.24, 2.45) is 0 Å². The smallest absolute Gasteiger partial charge is 0.356 e. The van der Waals surface area contributed by atoms with Gasteiger partial charge in [-0.3, -0.25) is 0 Å². The molecule has 0 bridgehead atoms. The number of rotatable bonds is 1. The molecule has 1 aromatic rings. The summed E-state index contributed by atoms with van der Waals surface area (Å²) in [6.45, 7) is 0. The molecule has 0 aromatic carbocycles. The van der Waals surface area contributed by atoms with Crippen molar-refractivity contribution in [1.82, 2.24) is 4.98 Å². The van der Waals surface area contributed by atoms with Crippen molar-refractivity contribution >= 4 is 16.0 Å². The second-order valence-corrected chi connectivity index (χ2v) is 7.87. The van der Waals surface area contributed by atoms with Crippen molar-refractivity contribution in [3.05, 3.63) is 29.6 Å². The summed E-state index contributed by atoms with van der Waals surface area (Å²) in [6, 6.07) is 3.39. The number of carbonyl (C=O) groups is 1. The summed E-state index contributed by atoms with van der Waals surface area (Å²) in [7, 11) is 0.500. The number of hydrogen-bond acceptors (Lipinski definition) is 3. The van der Waals surface area contributed by atoms with Gasteiger partial charge in [-0.15, -0.1) is 0 Å². The van der Waals surface area contributed by atoms with E-state index in [1.807, 2.05) is 0 Å². The number of ether oxygens (including phenoxy) is 1. The third-order valence-electron chi connectivity index (χ3n) is 1.66. The topological polar surface area (TPSA) is 39.2 Å². The van der Waals surface area contributed by atoms with Gasteiger partial charge >= 0.3 is 5.97 Å². The molecule has 0 radical (unpaired) electrons. The van der Waals surface area contributed by atoms with Crippen LogP contribution in [0.3, 0.4) is 0 Å². The number of esters is 1. The summed E-state index contributed by atoms with van der Waals surface area (Å²) in [4.78, 5) is 15.1. The van der Waals surface area contributed by atoms with E-state index in [1.54, 1.807) is 18.3 Å². The average Bonchev–Trinajstić information content (AvgIpc) is 2.25. The Bertz CT molecular complexity index is 435. The van der Waals surface area contributed by atoms with Gasteiger partial charge in [-0.25, -0.2) is 9.78 Å². The predicted octanol–water partition coefficient (Wildman–Crippen LogP) is 1.87. The highest BCUT2D eigenvalue weighted by Gasteiger charge is 2.05. The minimum Gasteiger partial charge on any atom is -0.464 e. The van der Waals surface area contributed by atoms with Crippen LogP contribution in [0.2, 0.25) is 0 Å². The van der Waals surface area contributed by atoms with Crippen LogP contribution < -0.4 is 0 Å². The highest BCUT2D eigenvalue weighted by Crippen LogP contribution is 2.32. The first kappa shape index (κ1) is 12.6. The van der Waals surface area contributed by atoms with Crippen LogP contribution in [0.4, 0.5) is 0 Å². The Morgan fingerprint density at radius 1 is 1.38 bits per heavy atom. The summed E-state index contributed by atoms with van der Waals surface area (Å²) in [6.07, 6.45) is 7.95. The second-order valence-electron chi connectivity index (χ2n) is 3.99. The van der Waals surface area contributed by atoms with Crippen LogP contribution in [-0.4, -0.2) is 36.8 Å². The molecule has 1 aromatic heterocycles. The first-order valence-electron chi connectivity index (χ1n) is 4.68. The van der Waals surface area contributed by atoms with Gasteiger partial charge in [0.1, 0.15) is 5.69 Å². The van der Waals surface area contributed by atoms with E-state index < -0.39 is 16.0 Å². The summed E-state index contributed by atoms with van der Waals surface area (Å²) in [5, 5.41) is 3.18. The fraction of sp³-hybridized carbons (Fsp3) is 0.333. The Balaban J connectivity index is 2.87. The van der Waals surface area contributed by atoms with Crippen molar-refractivity contribution in [3.63, 3.8) is 0 Å². The van der Waals surface area contributed by atoms with Crippen molar-refractivity contribution in [2.45, 2.75) is 0 Å². The maximum Gasteiger partial charge on any atom is 0.356 e. The van der Waals surface area contributed by atoms with Gasteiger partial charge in [0, 0.05) is 11.8 Å². The lowest BCUT2D eigenvalue weighted by Gasteiger charge is -2.14. The van der Waals surface area contributed by atoms with Crippen LogP contribution in [0.5, 0.6) is 0 Å². The van der Waals surface area contributed by atoms with Gasteiger partial charge in [-0.1, -0.05) is 5.92 Å². The number of carbonyl (C=O) groups excluding carboxylic acids is 1. The van der Waals surface area contributed by atoms with Gasteiger partial charge in [-0.05, 0) is 36.2 Å². The molecule has 0 unspecified atom stereocenters. The fourth-order valence-corrected chi connectivity index (χ4v) is 1.33. The van der Waals surface area contributed by atoms with Gasteiger partial charge in [0.25, 0.3) is 0 Å². The highest BCUT2D eigenvalue weighted by molar-refractivity contribution is 8.35. The largest absolute Gasteiger partial charge is 0.464 e. The molecule has 0 aliphatic carbocycles. The molecule has 0 aliphatic heterocycles. The van der Waals surface area contributed by atoms with Crippen LogP contribution in [0.15, 0.2) is 18.3 Å². The lowest BCUT2D eigenvalue weighted by atomic mass is 10.2. The predicted molar refractivity (Wildman–Crippen MR) is 67.8 cm³/mol. The van der Waals surface area contributed by atoms with Crippen LogP contribution in [0.1, 0.15) is 16.1 Å². The molecule has 0 spiro atoms. The first-order valence-corrected chi connectivity index (χ1v) is 7.53. The molecular formula is C12H15NO2S. The summed E-state index contributed by atoms with van der Waals surface area (Å²) >= 11 is 0. The minimum atomic E-state index is -0.834. The number of hydrogen-bond donors (Lipinski definition) is 0. The molecule has 0 fully saturated rings. The summed E-state index contributed by atoms with van der Waals surface area (Å²) < 4.78 is 4.56. The van der Waals surface area contributed by atoms with Gasteiger partial charge in [-0.2, -0.15) is 10.0 Å². The minimum absolute atomic E-state index is 0.302. The van der Waals surface area contributed by atoms with Crippen LogP contribution in [0, 0.1) is 11.2 Å². The molecule has 0 saturated carbocycles. The zero-order valence-electron chi connectivity index (χ0n) is 9.90. The molecule has 16 heavy (non-hydrogen) atoms. The van der Waals surface area contributed by atoms with Crippen LogP contribution in [-0.2, 0) is 4.74 Å². The lowest BCUT2D eigenvalue weighted by Crippen LogP contribution is -2.03. The molecule has 4 heteroatoms. The molecule has 0 amide bonds. The Morgan fingerprint density at radius 3 is 2.50 bits per heavy atom. The van der Waals surface area contributed by atoms with Crippen molar-refractivity contribution in [1.29, 1.82) is 0 Å². The normalized spacial score (nSPS) is 11.2. The van der Waals surface area contributed by atoms with E-state index >= 15 is 0 Å². The molecule has 1 heterocycles. The lowest BCUT2D eigenvalue weighted by molar-refractivity contribution is 0.0594. The Hall–Kier alpha value is -1.47. The maximum absolute atomic E-state index is 11.1. The third kappa shape index (κ3) is 3.95. The van der Waals surface area contributed by atoms with E-state index in [2.05, 4.69) is 39.7 Å². The standard InChI is InChI=1S/C12H15NO2S/c1-15-12(14)11-6-5-10(9-13-11)7-8-16(2,3)4/h5-6,9H,1-4H3. The van der Waals surface area contributed by atoms with E-state index in [4.69, 9.17) is 0 Å². The van der Waals surface area contributed by atoms with Crippen molar-refractivity contribution < 1.29 is 9.53 Å². The van der Waals surface area contributed by atoms with Gasteiger partial charge in [0.15, 0.2) is 0 Å². The fourth-order valence-electron chi connectivity index (χ4n) is 0.905. The molecule has 0 N–H and O–H groups in total. The Labute approximate surface area is 97.5 Å². The SMILES string of the molecule is COC(=O)c1ccc(C#CS(C)(C)C)cn1. The van der Waals surface area contributed by atoms with Crippen molar-refractivity contribution in [2.75, 3.05) is 25.9 Å². The molecule has 86 valence electrons. The zero-order valence-corrected chi connectivity index (χ0v) is 10.7. The average molecular weight is 237 g/mol. The number of nitrogens with zero attached hydrogens (tertiary/aromatic N) is 1. The molecule has 0 aliphatic rings. The quantitative estimate of drug-likeness (QED) is 0.553.